The number of ether oxygens (including phenoxy) is 3. The molecule has 3 aromatic rings. The third kappa shape index (κ3) is 3.69. The Morgan fingerprint density at radius 2 is 1.58 bits per heavy atom. The van der Waals surface area contributed by atoms with E-state index in [1.807, 2.05) is 0 Å². The number of fused-ring (bicyclic) bond motifs is 1. The first-order valence-corrected chi connectivity index (χ1v) is 8.00. The van der Waals surface area contributed by atoms with E-state index in [0.717, 1.165) is 6.07 Å². The predicted octanol–water partition coefficient (Wildman–Crippen LogP) is 5.51. The number of alkyl halides is 2. The number of benzene rings is 3. The number of halogens is 3. The van der Waals surface area contributed by atoms with Crippen LogP contribution in [0.2, 0.25) is 0 Å². The molecule has 0 unspecified atom stereocenters. The Hall–Kier alpha value is -2.89. The molecule has 0 saturated carbocycles. The highest BCUT2D eigenvalue weighted by atomic mass is 19.3. The summed E-state index contributed by atoms with van der Waals surface area (Å²) in [7, 11) is 1.49. The van der Waals surface area contributed by atoms with E-state index in [1.165, 1.54) is 37.4 Å². The van der Waals surface area contributed by atoms with E-state index in [9.17, 15) is 13.2 Å². The molecule has 0 aliphatic rings. The van der Waals surface area contributed by atoms with Gasteiger partial charge >= 0.3 is 6.11 Å². The van der Waals surface area contributed by atoms with E-state index in [2.05, 4.69) is 0 Å². The first kappa shape index (κ1) is 17.9. The quantitative estimate of drug-likeness (QED) is 0.578. The highest BCUT2D eigenvalue weighted by Crippen LogP contribution is 2.35. The summed E-state index contributed by atoms with van der Waals surface area (Å²) < 4.78 is 58.1. The third-order valence-electron chi connectivity index (χ3n) is 3.84. The van der Waals surface area contributed by atoms with E-state index in [0.29, 0.717) is 28.9 Å². The van der Waals surface area contributed by atoms with Gasteiger partial charge in [-0.3, -0.25) is 0 Å². The Balaban J connectivity index is 1.89. The van der Waals surface area contributed by atoms with Crippen molar-refractivity contribution in [1.82, 2.24) is 0 Å². The zero-order valence-corrected chi connectivity index (χ0v) is 14.3. The van der Waals surface area contributed by atoms with Crippen LogP contribution in [-0.4, -0.2) is 13.7 Å². The van der Waals surface area contributed by atoms with Crippen molar-refractivity contribution < 1.29 is 27.4 Å². The standard InChI is InChI=1S/C20H17F3O3/c1-3-25-16-8-5-15(6-9-16)20(22,23)26-19-12-13-4-7-17(24-2)10-14(13)11-18(19)21/h4-12H,3H2,1-2H3. The molecule has 6 heteroatoms. The lowest BCUT2D eigenvalue weighted by Gasteiger charge is -2.19. The Morgan fingerprint density at radius 1 is 0.885 bits per heavy atom. The van der Waals surface area contributed by atoms with Crippen molar-refractivity contribution >= 4 is 10.8 Å². The second-order valence-corrected chi connectivity index (χ2v) is 5.57. The second-order valence-electron chi connectivity index (χ2n) is 5.57. The van der Waals surface area contributed by atoms with Gasteiger partial charge < -0.3 is 14.2 Å². The fourth-order valence-corrected chi connectivity index (χ4v) is 2.54. The van der Waals surface area contributed by atoms with Gasteiger partial charge in [-0.2, -0.15) is 8.78 Å². The first-order chi connectivity index (χ1) is 12.4. The SMILES string of the molecule is CCOc1ccc(C(F)(F)Oc2cc3ccc(OC)cc3cc2F)cc1. The molecule has 0 fully saturated rings. The van der Waals surface area contributed by atoms with Crippen LogP contribution in [0.3, 0.4) is 0 Å². The first-order valence-electron chi connectivity index (χ1n) is 8.00. The number of rotatable bonds is 6. The molecular weight excluding hydrogens is 345 g/mol. The van der Waals surface area contributed by atoms with Gasteiger partial charge in [-0.1, -0.05) is 6.07 Å². The van der Waals surface area contributed by atoms with Gasteiger partial charge in [0.2, 0.25) is 0 Å². The maximum Gasteiger partial charge on any atom is 0.426 e. The minimum absolute atomic E-state index is 0.393. The predicted molar refractivity (Wildman–Crippen MR) is 92.6 cm³/mol. The molecule has 3 rings (SSSR count). The summed E-state index contributed by atoms with van der Waals surface area (Å²) in [4.78, 5) is 0. The Morgan fingerprint density at radius 3 is 2.23 bits per heavy atom. The lowest BCUT2D eigenvalue weighted by Crippen LogP contribution is -2.22. The summed E-state index contributed by atoms with van der Waals surface area (Å²) in [5.41, 5.74) is -0.393. The largest absolute Gasteiger partial charge is 0.497 e. The van der Waals surface area contributed by atoms with Crippen molar-refractivity contribution in [2.24, 2.45) is 0 Å². The van der Waals surface area contributed by atoms with Gasteiger partial charge in [0, 0.05) is 0 Å². The van der Waals surface area contributed by atoms with Crippen molar-refractivity contribution in [3.05, 3.63) is 66.0 Å². The van der Waals surface area contributed by atoms with Crippen molar-refractivity contribution in [2.75, 3.05) is 13.7 Å². The summed E-state index contributed by atoms with van der Waals surface area (Å²) in [6.07, 6.45) is -3.69. The summed E-state index contributed by atoms with van der Waals surface area (Å²) in [6, 6.07) is 12.5. The molecule has 3 nitrogen and oxygen atoms in total. The molecule has 0 radical (unpaired) electrons. The van der Waals surface area contributed by atoms with Crippen LogP contribution in [0.5, 0.6) is 17.2 Å². The van der Waals surface area contributed by atoms with Crippen LogP contribution in [0.25, 0.3) is 10.8 Å². The average molecular weight is 362 g/mol. The van der Waals surface area contributed by atoms with Crippen molar-refractivity contribution in [1.29, 1.82) is 0 Å². The third-order valence-corrected chi connectivity index (χ3v) is 3.84. The number of hydrogen-bond donors (Lipinski definition) is 0. The normalized spacial score (nSPS) is 11.4. The molecule has 0 heterocycles. The van der Waals surface area contributed by atoms with Gasteiger partial charge in [0.1, 0.15) is 11.5 Å². The van der Waals surface area contributed by atoms with Gasteiger partial charge in [-0.15, -0.1) is 0 Å². The van der Waals surface area contributed by atoms with Gasteiger partial charge in [0.05, 0.1) is 19.3 Å². The smallest absolute Gasteiger partial charge is 0.426 e. The molecule has 0 aliphatic heterocycles. The Bertz CT molecular complexity index is 908. The molecule has 3 aromatic carbocycles. The summed E-state index contributed by atoms with van der Waals surface area (Å²) in [6.45, 7) is 2.23. The number of methoxy groups -OCH3 is 1. The lowest BCUT2D eigenvalue weighted by molar-refractivity contribution is -0.186. The van der Waals surface area contributed by atoms with E-state index in [-0.39, 0.29) is 0 Å². The topological polar surface area (TPSA) is 27.7 Å². The molecule has 0 aromatic heterocycles. The van der Waals surface area contributed by atoms with Gasteiger partial charge in [0.25, 0.3) is 0 Å². The highest BCUT2D eigenvalue weighted by molar-refractivity contribution is 5.85. The van der Waals surface area contributed by atoms with E-state index >= 15 is 0 Å². The fourth-order valence-electron chi connectivity index (χ4n) is 2.54. The molecule has 0 amide bonds. The van der Waals surface area contributed by atoms with Gasteiger partial charge in [-0.25, -0.2) is 4.39 Å². The van der Waals surface area contributed by atoms with Crippen LogP contribution < -0.4 is 14.2 Å². The van der Waals surface area contributed by atoms with Gasteiger partial charge in [-0.05, 0) is 66.2 Å². The number of hydrogen-bond acceptors (Lipinski definition) is 3. The molecule has 136 valence electrons. The maximum atomic E-state index is 14.4. The van der Waals surface area contributed by atoms with E-state index in [4.69, 9.17) is 14.2 Å². The Kier molecular flexibility index (Phi) is 4.93. The van der Waals surface area contributed by atoms with Crippen LogP contribution in [0, 0.1) is 5.82 Å². The summed E-state index contributed by atoms with van der Waals surface area (Å²) in [5.74, 6) is -0.388. The van der Waals surface area contributed by atoms with Crippen LogP contribution >= 0.6 is 0 Å². The molecule has 0 aliphatic carbocycles. The molecule has 26 heavy (non-hydrogen) atoms. The minimum atomic E-state index is -3.69. The average Bonchev–Trinajstić information content (AvgIpc) is 2.62. The summed E-state index contributed by atoms with van der Waals surface area (Å²) >= 11 is 0. The molecule has 0 saturated heterocycles. The Labute approximate surface area is 148 Å². The monoisotopic (exact) mass is 362 g/mol. The maximum absolute atomic E-state index is 14.4. The van der Waals surface area contributed by atoms with Crippen molar-refractivity contribution in [2.45, 2.75) is 13.0 Å². The van der Waals surface area contributed by atoms with E-state index in [1.54, 1.807) is 25.1 Å². The molecule has 0 atom stereocenters. The summed E-state index contributed by atoms with van der Waals surface area (Å²) in [5, 5.41) is 1.09. The zero-order valence-electron chi connectivity index (χ0n) is 14.3. The van der Waals surface area contributed by atoms with Crippen LogP contribution in [0.4, 0.5) is 13.2 Å². The molecule has 0 spiro atoms. The second kappa shape index (κ2) is 7.15. The molecule has 0 N–H and O–H groups in total. The van der Waals surface area contributed by atoms with Gasteiger partial charge in [0.15, 0.2) is 11.6 Å². The van der Waals surface area contributed by atoms with Crippen LogP contribution in [0.1, 0.15) is 12.5 Å². The van der Waals surface area contributed by atoms with E-state index < -0.39 is 23.2 Å². The molecular formula is C20H17F3O3. The highest BCUT2D eigenvalue weighted by Gasteiger charge is 2.35. The van der Waals surface area contributed by atoms with Crippen molar-refractivity contribution in [3.8, 4) is 17.2 Å². The van der Waals surface area contributed by atoms with Crippen LogP contribution in [-0.2, 0) is 6.11 Å². The fraction of sp³-hybridized carbons (Fsp3) is 0.200. The zero-order chi connectivity index (χ0) is 18.7. The minimum Gasteiger partial charge on any atom is -0.497 e. The molecule has 0 bridgehead atoms. The lowest BCUT2D eigenvalue weighted by atomic mass is 10.1. The van der Waals surface area contributed by atoms with Crippen molar-refractivity contribution in [3.63, 3.8) is 0 Å². The van der Waals surface area contributed by atoms with Crippen LogP contribution in [0.15, 0.2) is 54.6 Å².